The fraction of sp³-hybridized carbons (Fsp3) is 0.323. The Morgan fingerprint density at radius 1 is 1.05 bits per heavy atom. The first-order valence-corrected chi connectivity index (χ1v) is 12.9. The molecule has 2 aromatic heterocycles. The summed E-state index contributed by atoms with van der Waals surface area (Å²) in [6.07, 6.45) is 1.36. The molecular formula is C31H34N2O6. The number of fused-ring (bicyclic) bond motifs is 1. The molecule has 2 heterocycles. The summed E-state index contributed by atoms with van der Waals surface area (Å²) in [5, 5.41) is 3.73. The van der Waals surface area contributed by atoms with Crippen molar-refractivity contribution in [3.05, 3.63) is 83.4 Å². The lowest BCUT2D eigenvalue weighted by atomic mass is 9.99. The summed E-state index contributed by atoms with van der Waals surface area (Å²) in [7, 11) is 0. The van der Waals surface area contributed by atoms with Gasteiger partial charge in [-0.05, 0) is 87.7 Å². The van der Waals surface area contributed by atoms with Gasteiger partial charge in [0.25, 0.3) is 0 Å². The van der Waals surface area contributed by atoms with E-state index >= 15 is 0 Å². The highest BCUT2D eigenvalue weighted by molar-refractivity contribution is 5.95. The van der Waals surface area contributed by atoms with E-state index in [2.05, 4.69) is 16.4 Å². The number of furan rings is 1. The van der Waals surface area contributed by atoms with E-state index in [4.69, 9.17) is 18.6 Å². The first-order chi connectivity index (χ1) is 18.6. The molecule has 0 unspecified atom stereocenters. The zero-order valence-electron chi connectivity index (χ0n) is 23.0. The molecule has 0 radical (unpaired) electrons. The molecule has 8 nitrogen and oxygen atoms in total. The smallest absolute Gasteiger partial charge is 0.407 e. The molecule has 204 valence electrons. The number of para-hydroxylation sites is 1. The molecule has 2 aromatic carbocycles. The lowest BCUT2D eigenvalue weighted by Gasteiger charge is -2.19. The Morgan fingerprint density at radius 2 is 1.85 bits per heavy atom. The number of pyridine rings is 1. The van der Waals surface area contributed by atoms with Gasteiger partial charge in [0.1, 0.15) is 29.3 Å². The number of hydrogen-bond donors (Lipinski definition) is 1. The van der Waals surface area contributed by atoms with Gasteiger partial charge in [0, 0.05) is 17.1 Å². The molecule has 0 atom stereocenters. The van der Waals surface area contributed by atoms with Crippen molar-refractivity contribution in [2.45, 2.75) is 59.8 Å². The summed E-state index contributed by atoms with van der Waals surface area (Å²) in [4.78, 5) is 28.5. The summed E-state index contributed by atoms with van der Waals surface area (Å²) < 4.78 is 22.6. The zero-order valence-corrected chi connectivity index (χ0v) is 23.0. The van der Waals surface area contributed by atoms with E-state index < -0.39 is 11.7 Å². The van der Waals surface area contributed by atoms with E-state index in [1.54, 1.807) is 13.1 Å². The Morgan fingerprint density at radius 3 is 2.62 bits per heavy atom. The number of aromatic nitrogens is 1. The number of carbonyl (C=O) groups is 2. The molecule has 0 aliphatic carbocycles. The summed E-state index contributed by atoms with van der Waals surface area (Å²) in [5.74, 6) is 1.13. The minimum absolute atomic E-state index is 0.142. The predicted octanol–water partition coefficient (Wildman–Crippen LogP) is 6.51. The first kappa shape index (κ1) is 27.7. The maximum absolute atomic E-state index is 12.1. The van der Waals surface area contributed by atoms with Crippen molar-refractivity contribution in [1.29, 1.82) is 0 Å². The standard InChI is InChI=1S/C31H34N2O6/c1-6-36-29(34)17-23-9-7-8-10-27(23)37-19-21-14-25(26-13-20(2)38-28(26)15-21)22-11-12-32-24(16-22)18-33-30(35)39-31(3,4)5/h7-16H,6,17-19H2,1-5H3,(H,33,35). The number of nitrogens with one attached hydrogen (secondary N) is 1. The van der Waals surface area contributed by atoms with Crippen LogP contribution in [-0.2, 0) is 33.8 Å². The van der Waals surface area contributed by atoms with E-state index in [9.17, 15) is 9.59 Å². The molecule has 0 fully saturated rings. The molecule has 4 aromatic rings. The SMILES string of the molecule is CCOC(=O)Cc1ccccc1OCc1cc(-c2ccnc(CNC(=O)OC(C)(C)C)c2)c2cc(C)oc2c1. The van der Waals surface area contributed by atoms with E-state index in [0.717, 1.165) is 39.0 Å². The largest absolute Gasteiger partial charge is 0.489 e. The Labute approximate surface area is 228 Å². The quantitative estimate of drug-likeness (QED) is 0.246. The fourth-order valence-corrected chi connectivity index (χ4v) is 4.18. The van der Waals surface area contributed by atoms with Gasteiger partial charge in [-0.1, -0.05) is 18.2 Å². The Balaban J connectivity index is 1.57. The number of aryl methyl sites for hydroxylation is 1. The molecule has 0 aliphatic heterocycles. The normalized spacial score (nSPS) is 11.3. The van der Waals surface area contributed by atoms with Crippen LogP contribution in [0.25, 0.3) is 22.1 Å². The third kappa shape index (κ3) is 7.60. The molecule has 0 spiro atoms. The molecule has 0 saturated carbocycles. The van der Waals surface area contributed by atoms with Gasteiger partial charge in [0.2, 0.25) is 0 Å². The molecule has 1 amide bonds. The number of carbonyl (C=O) groups excluding carboxylic acids is 2. The van der Waals surface area contributed by atoms with Crippen molar-refractivity contribution in [3.8, 4) is 16.9 Å². The Bertz CT molecular complexity index is 1470. The molecule has 1 N–H and O–H groups in total. The van der Waals surface area contributed by atoms with Gasteiger partial charge in [-0.15, -0.1) is 0 Å². The second-order valence-electron chi connectivity index (χ2n) is 10.2. The van der Waals surface area contributed by atoms with Crippen LogP contribution in [0.15, 0.2) is 65.2 Å². The number of ether oxygens (including phenoxy) is 3. The highest BCUT2D eigenvalue weighted by atomic mass is 16.6. The Kier molecular flexibility index (Phi) is 8.54. The number of hydrogen-bond acceptors (Lipinski definition) is 7. The summed E-state index contributed by atoms with van der Waals surface area (Å²) in [6, 6.07) is 17.3. The third-order valence-corrected chi connectivity index (χ3v) is 5.77. The van der Waals surface area contributed by atoms with Crippen molar-refractivity contribution in [2.75, 3.05) is 6.61 Å². The first-order valence-electron chi connectivity index (χ1n) is 12.9. The van der Waals surface area contributed by atoms with Crippen LogP contribution in [-0.4, -0.2) is 29.3 Å². The molecular weight excluding hydrogens is 496 g/mol. The number of alkyl carbamates (subject to hydrolysis) is 1. The van der Waals surface area contributed by atoms with Crippen LogP contribution in [0.1, 0.15) is 50.3 Å². The second-order valence-corrected chi connectivity index (χ2v) is 10.2. The average Bonchev–Trinajstić information content (AvgIpc) is 3.26. The number of nitrogens with zero attached hydrogens (tertiary/aromatic N) is 1. The van der Waals surface area contributed by atoms with Crippen LogP contribution in [0.3, 0.4) is 0 Å². The highest BCUT2D eigenvalue weighted by Gasteiger charge is 2.17. The van der Waals surface area contributed by atoms with Crippen LogP contribution in [0.2, 0.25) is 0 Å². The van der Waals surface area contributed by atoms with E-state index in [0.29, 0.717) is 18.1 Å². The zero-order chi connectivity index (χ0) is 28.0. The van der Waals surface area contributed by atoms with Gasteiger partial charge in [0.05, 0.1) is 25.3 Å². The molecule has 39 heavy (non-hydrogen) atoms. The van der Waals surface area contributed by atoms with Gasteiger partial charge < -0.3 is 23.9 Å². The lowest BCUT2D eigenvalue weighted by molar-refractivity contribution is -0.142. The average molecular weight is 531 g/mol. The minimum atomic E-state index is -0.577. The van der Waals surface area contributed by atoms with E-state index in [-0.39, 0.29) is 25.5 Å². The molecule has 0 saturated heterocycles. The summed E-state index contributed by atoms with van der Waals surface area (Å²) >= 11 is 0. The van der Waals surface area contributed by atoms with Crippen LogP contribution >= 0.6 is 0 Å². The molecule has 0 aliphatic rings. The van der Waals surface area contributed by atoms with Crippen LogP contribution in [0.5, 0.6) is 5.75 Å². The predicted molar refractivity (Wildman–Crippen MR) is 148 cm³/mol. The van der Waals surface area contributed by atoms with Crippen LogP contribution in [0.4, 0.5) is 4.79 Å². The Hall–Kier alpha value is -4.33. The molecule has 4 rings (SSSR count). The maximum atomic E-state index is 12.1. The van der Waals surface area contributed by atoms with E-state index in [1.165, 1.54) is 0 Å². The molecule has 0 bridgehead atoms. The van der Waals surface area contributed by atoms with Crippen molar-refractivity contribution in [2.24, 2.45) is 0 Å². The number of benzene rings is 2. The van der Waals surface area contributed by atoms with Crippen molar-refractivity contribution < 1.29 is 28.2 Å². The maximum Gasteiger partial charge on any atom is 0.407 e. The van der Waals surface area contributed by atoms with E-state index in [1.807, 2.05) is 76.2 Å². The third-order valence-electron chi connectivity index (χ3n) is 5.77. The van der Waals surface area contributed by atoms with Crippen LogP contribution in [0, 0.1) is 6.92 Å². The van der Waals surface area contributed by atoms with Crippen LogP contribution < -0.4 is 10.1 Å². The number of rotatable bonds is 9. The van der Waals surface area contributed by atoms with Crippen molar-refractivity contribution in [3.63, 3.8) is 0 Å². The minimum Gasteiger partial charge on any atom is -0.489 e. The fourth-order valence-electron chi connectivity index (χ4n) is 4.18. The van der Waals surface area contributed by atoms with Gasteiger partial charge in [-0.3, -0.25) is 9.78 Å². The van der Waals surface area contributed by atoms with Gasteiger partial charge in [-0.2, -0.15) is 0 Å². The highest BCUT2D eigenvalue weighted by Crippen LogP contribution is 2.33. The second kappa shape index (κ2) is 12.0. The monoisotopic (exact) mass is 530 g/mol. The lowest BCUT2D eigenvalue weighted by Crippen LogP contribution is -2.32. The number of amides is 1. The van der Waals surface area contributed by atoms with Gasteiger partial charge in [-0.25, -0.2) is 4.79 Å². The molecule has 8 heteroatoms. The number of esters is 1. The topological polar surface area (TPSA) is 99.9 Å². The van der Waals surface area contributed by atoms with Crippen molar-refractivity contribution >= 4 is 23.0 Å². The summed E-state index contributed by atoms with van der Waals surface area (Å²) in [5.41, 5.74) is 4.43. The van der Waals surface area contributed by atoms with Gasteiger partial charge in [0.15, 0.2) is 0 Å². The summed E-state index contributed by atoms with van der Waals surface area (Å²) in [6.45, 7) is 10.00. The van der Waals surface area contributed by atoms with Crippen molar-refractivity contribution in [1.82, 2.24) is 10.3 Å². The van der Waals surface area contributed by atoms with Gasteiger partial charge >= 0.3 is 12.1 Å².